The first kappa shape index (κ1) is 15.0. The smallest absolute Gasteiger partial charge is 0.364 e. The molecule has 104 valence electrons. The van der Waals surface area contributed by atoms with Gasteiger partial charge in [-0.05, 0) is 16.8 Å². The van der Waals surface area contributed by atoms with E-state index in [1.165, 1.54) is 0 Å². The highest BCUT2D eigenvalue weighted by Gasteiger charge is 2.18. The van der Waals surface area contributed by atoms with E-state index in [4.69, 9.17) is 5.11 Å². The van der Waals surface area contributed by atoms with Crippen LogP contribution in [-0.4, -0.2) is 43.2 Å². The Morgan fingerprint density at radius 2 is 2.32 bits per heavy atom. The Kier molecular flexibility index (Phi) is 4.93. The maximum absolute atomic E-state index is 11.2. The lowest BCUT2D eigenvalue weighted by Gasteiger charge is -2.11. The molecule has 9 heteroatoms. The number of pyridine rings is 1. The van der Waals surface area contributed by atoms with Gasteiger partial charge in [0, 0.05) is 28.9 Å². The summed E-state index contributed by atoms with van der Waals surface area (Å²) in [7, 11) is -1.05. The molecule has 1 aromatic rings. The predicted molar refractivity (Wildman–Crippen MR) is 69.9 cm³/mol. The van der Waals surface area contributed by atoms with Crippen LogP contribution in [0.5, 0.6) is 0 Å². The molecule has 19 heavy (non-hydrogen) atoms. The molecule has 0 saturated carbocycles. The molecule has 0 spiro atoms. The minimum Gasteiger partial charge on any atom is -0.478 e. The van der Waals surface area contributed by atoms with Crippen LogP contribution in [0.1, 0.15) is 17.3 Å². The van der Waals surface area contributed by atoms with Gasteiger partial charge in [-0.25, -0.2) is 4.79 Å². The molecule has 0 aromatic carbocycles. The van der Waals surface area contributed by atoms with Crippen molar-refractivity contribution in [3.63, 3.8) is 0 Å². The average Bonchev–Trinajstić information content (AvgIpc) is 2.35. The van der Waals surface area contributed by atoms with Crippen molar-refractivity contribution in [1.82, 2.24) is 4.98 Å². The van der Waals surface area contributed by atoms with Crippen LogP contribution in [0.25, 0.3) is 0 Å². The molecule has 0 radical (unpaired) electrons. The first-order valence-corrected chi connectivity index (χ1v) is 6.89. The van der Waals surface area contributed by atoms with E-state index in [-0.39, 0.29) is 23.0 Å². The van der Waals surface area contributed by atoms with Crippen molar-refractivity contribution in [3.8, 4) is 0 Å². The third-order valence-electron chi connectivity index (χ3n) is 2.45. The summed E-state index contributed by atoms with van der Waals surface area (Å²) in [6, 6.07) is 0.887. The summed E-state index contributed by atoms with van der Waals surface area (Å²) in [6.45, 7) is 2.02. The van der Waals surface area contributed by atoms with Crippen molar-refractivity contribution in [1.29, 1.82) is 0 Å². The van der Waals surface area contributed by atoms with Gasteiger partial charge in [0.2, 0.25) is 0 Å². The summed E-state index contributed by atoms with van der Waals surface area (Å²) >= 11 is 0. The number of nitrogens with zero attached hydrogens (tertiary/aromatic N) is 2. The molecule has 0 fully saturated rings. The van der Waals surface area contributed by atoms with Crippen molar-refractivity contribution in [2.24, 2.45) is 0 Å². The van der Waals surface area contributed by atoms with E-state index in [0.29, 0.717) is 0 Å². The summed E-state index contributed by atoms with van der Waals surface area (Å²) in [5.41, 5.74) is -0.0776. The largest absolute Gasteiger partial charge is 0.478 e. The van der Waals surface area contributed by atoms with Crippen molar-refractivity contribution < 1.29 is 19.0 Å². The summed E-state index contributed by atoms with van der Waals surface area (Å²) in [6.07, 6.45) is 2.63. The number of carbonyl (C=O) groups is 1. The van der Waals surface area contributed by atoms with Crippen LogP contribution < -0.4 is 5.32 Å². The highest BCUT2D eigenvalue weighted by atomic mass is 32.2. The molecule has 2 N–H and O–H groups in total. The maximum atomic E-state index is 11.2. The van der Waals surface area contributed by atoms with Gasteiger partial charge in [-0.2, -0.15) is 0 Å². The van der Waals surface area contributed by atoms with Gasteiger partial charge < -0.3 is 20.5 Å². The van der Waals surface area contributed by atoms with Crippen LogP contribution in [0.4, 0.5) is 11.5 Å². The molecule has 2 unspecified atom stereocenters. The molecular weight excluding hydrogens is 274 g/mol. The van der Waals surface area contributed by atoms with Crippen LogP contribution in [0.3, 0.4) is 0 Å². The summed E-state index contributed by atoms with van der Waals surface area (Å²) in [5.74, 6) is -1.83. The minimum atomic E-state index is -1.29. The number of hydrogen-bond acceptors (Lipinski definition) is 6. The van der Waals surface area contributed by atoms with E-state index in [9.17, 15) is 19.1 Å². The molecule has 0 aliphatic heterocycles. The van der Waals surface area contributed by atoms with E-state index in [2.05, 4.69) is 10.3 Å². The van der Waals surface area contributed by atoms with Gasteiger partial charge in [-0.15, -0.1) is 0 Å². The normalized spacial score (nSPS) is 13.6. The quantitative estimate of drug-likeness (QED) is 0.587. The van der Waals surface area contributed by atoms with Gasteiger partial charge in [-0.3, -0.25) is 4.21 Å². The third kappa shape index (κ3) is 3.98. The van der Waals surface area contributed by atoms with Crippen molar-refractivity contribution in [2.75, 3.05) is 18.1 Å². The zero-order chi connectivity index (χ0) is 14.6. The number of nitrogens with one attached hydrogen (secondary N) is 1. The second-order valence-corrected chi connectivity index (χ2v) is 5.64. The number of nitro groups is 1. The predicted octanol–water partition coefficient (Wildman–Crippen LogP) is 0.867. The molecule has 0 aliphatic rings. The van der Waals surface area contributed by atoms with Crippen LogP contribution in [0.2, 0.25) is 0 Å². The highest BCUT2D eigenvalue weighted by molar-refractivity contribution is 7.84. The Hall–Kier alpha value is -2.03. The molecule has 0 amide bonds. The van der Waals surface area contributed by atoms with E-state index in [1.807, 2.05) is 0 Å². The van der Waals surface area contributed by atoms with Crippen LogP contribution >= 0.6 is 0 Å². The lowest BCUT2D eigenvalue weighted by atomic mass is 10.2. The topological polar surface area (TPSA) is 122 Å². The number of aromatic carboxylic acids is 1. The number of rotatable bonds is 6. The fraction of sp³-hybridized carbons (Fsp3) is 0.400. The molecule has 2 atom stereocenters. The second-order valence-electron chi connectivity index (χ2n) is 3.84. The van der Waals surface area contributed by atoms with Crippen molar-refractivity contribution in [3.05, 3.63) is 27.9 Å². The van der Waals surface area contributed by atoms with E-state index < -0.39 is 27.5 Å². The fourth-order valence-electron chi connectivity index (χ4n) is 1.23. The van der Waals surface area contributed by atoms with Crippen molar-refractivity contribution in [2.45, 2.75) is 12.2 Å². The van der Waals surface area contributed by atoms with Crippen LogP contribution in [-0.2, 0) is 10.8 Å². The van der Waals surface area contributed by atoms with E-state index in [1.54, 1.807) is 13.2 Å². The zero-order valence-corrected chi connectivity index (χ0v) is 11.1. The Morgan fingerprint density at radius 1 is 1.68 bits per heavy atom. The molecule has 0 bridgehead atoms. The minimum absolute atomic E-state index is 0.162. The highest BCUT2D eigenvalue weighted by Crippen LogP contribution is 2.19. The standard InChI is InChI=1S/C10H13N3O5S/c1-6(19(2)18)4-11-8-5-12-9(13(16)17)3-7(8)10(14)15/h3,5-6,11H,4H2,1-2H3,(H,14,15). The second kappa shape index (κ2) is 6.23. The lowest BCUT2D eigenvalue weighted by molar-refractivity contribution is -0.389. The summed E-state index contributed by atoms with van der Waals surface area (Å²) < 4.78 is 11.2. The molecule has 1 aromatic heterocycles. The van der Waals surface area contributed by atoms with Gasteiger partial charge in [0.05, 0.1) is 17.3 Å². The Labute approximate surface area is 111 Å². The number of anilines is 1. The van der Waals surface area contributed by atoms with E-state index >= 15 is 0 Å². The van der Waals surface area contributed by atoms with Crippen LogP contribution in [0.15, 0.2) is 12.3 Å². The molecule has 1 heterocycles. The molecule has 0 aliphatic carbocycles. The molecule has 1 rings (SSSR count). The molecule has 0 saturated heterocycles. The van der Waals surface area contributed by atoms with Crippen LogP contribution in [0, 0.1) is 10.1 Å². The lowest BCUT2D eigenvalue weighted by Crippen LogP contribution is -2.21. The fourth-order valence-corrected chi connectivity index (χ4v) is 1.55. The van der Waals surface area contributed by atoms with E-state index in [0.717, 1.165) is 12.3 Å². The molecular formula is C10H13N3O5S. The number of aromatic nitrogens is 1. The van der Waals surface area contributed by atoms with Gasteiger partial charge in [0.1, 0.15) is 0 Å². The summed E-state index contributed by atoms with van der Waals surface area (Å²) in [5, 5.41) is 22.1. The molecule has 8 nitrogen and oxygen atoms in total. The Balaban J connectivity index is 2.97. The van der Waals surface area contributed by atoms with Gasteiger partial charge >= 0.3 is 11.8 Å². The van der Waals surface area contributed by atoms with Gasteiger partial charge in [0.15, 0.2) is 6.20 Å². The average molecular weight is 287 g/mol. The van der Waals surface area contributed by atoms with Gasteiger partial charge in [0.25, 0.3) is 0 Å². The van der Waals surface area contributed by atoms with Gasteiger partial charge in [-0.1, -0.05) is 0 Å². The Bertz CT molecular complexity index is 534. The SMILES string of the molecule is CC(CNc1cnc([N+](=O)[O-])cc1C(=O)O)S(C)=O. The maximum Gasteiger partial charge on any atom is 0.364 e. The number of carboxylic acid groups (broad SMARTS) is 1. The third-order valence-corrected chi connectivity index (χ3v) is 3.75. The zero-order valence-electron chi connectivity index (χ0n) is 10.3. The first-order chi connectivity index (χ1) is 8.82. The Morgan fingerprint density at radius 3 is 2.79 bits per heavy atom. The number of carboxylic acids is 1. The number of hydrogen-bond donors (Lipinski definition) is 2. The summed E-state index contributed by atoms with van der Waals surface area (Å²) in [4.78, 5) is 24.3. The first-order valence-electron chi connectivity index (χ1n) is 5.26. The van der Waals surface area contributed by atoms with Crippen molar-refractivity contribution >= 4 is 28.3 Å². The monoisotopic (exact) mass is 287 g/mol.